The lowest BCUT2D eigenvalue weighted by Crippen LogP contribution is -2.19. The molecular formula is C18H17N5O4. The van der Waals surface area contributed by atoms with Gasteiger partial charge < -0.3 is 13.6 Å². The fourth-order valence-electron chi connectivity index (χ4n) is 2.74. The molecule has 0 aliphatic carbocycles. The summed E-state index contributed by atoms with van der Waals surface area (Å²) in [5.41, 5.74) is 0.984. The number of carbonyl (C=O) groups excluding carboxylic acids is 1. The molecule has 0 saturated carbocycles. The van der Waals surface area contributed by atoms with Gasteiger partial charge in [-0.3, -0.25) is 14.8 Å². The van der Waals surface area contributed by atoms with E-state index in [9.17, 15) is 4.79 Å². The van der Waals surface area contributed by atoms with Crippen LogP contribution in [0.15, 0.2) is 45.4 Å². The molecule has 0 saturated heterocycles. The molecule has 1 amide bonds. The SMILES string of the molecule is COc1cccc2cc(-c3nnc(NC(=O)c4ccnn4C(C)C)o3)oc12. The lowest BCUT2D eigenvalue weighted by atomic mass is 10.2. The summed E-state index contributed by atoms with van der Waals surface area (Å²) < 4.78 is 18.2. The number of nitrogens with zero attached hydrogens (tertiary/aromatic N) is 4. The van der Waals surface area contributed by atoms with E-state index in [4.69, 9.17) is 13.6 Å². The van der Waals surface area contributed by atoms with E-state index in [2.05, 4.69) is 20.6 Å². The third kappa shape index (κ3) is 3.03. The maximum absolute atomic E-state index is 12.4. The van der Waals surface area contributed by atoms with Gasteiger partial charge in [0.2, 0.25) is 0 Å². The number of fused-ring (bicyclic) bond motifs is 1. The van der Waals surface area contributed by atoms with E-state index in [0.717, 1.165) is 5.39 Å². The topological polar surface area (TPSA) is 108 Å². The average Bonchev–Trinajstić information content (AvgIpc) is 3.38. The highest BCUT2D eigenvalue weighted by molar-refractivity contribution is 6.01. The van der Waals surface area contributed by atoms with Crippen LogP contribution >= 0.6 is 0 Å². The molecule has 138 valence electrons. The number of aromatic nitrogens is 4. The molecule has 0 aliphatic rings. The van der Waals surface area contributed by atoms with Gasteiger partial charge >= 0.3 is 6.01 Å². The standard InChI is InChI=1S/C18H17N5O4/c1-10(2)23-12(7-8-19-23)16(24)20-18-22-21-17(27-18)14-9-11-5-4-6-13(25-3)15(11)26-14/h4-10H,1-3H3,(H,20,22,24). The number of anilines is 1. The lowest BCUT2D eigenvalue weighted by molar-refractivity contribution is 0.101. The lowest BCUT2D eigenvalue weighted by Gasteiger charge is -2.09. The molecule has 9 nitrogen and oxygen atoms in total. The first-order valence-electron chi connectivity index (χ1n) is 8.32. The Labute approximate surface area is 153 Å². The van der Waals surface area contributed by atoms with Gasteiger partial charge in [0.25, 0.3) is 11.8 Å². The van der Waals surface area contributed by atoms with Crippen LogP contribution in [-0.2, 0) is 0 Å². The third-order valence-electron chi connectivity index (χ3n) is 3.98. The zero-order valence-electron chi connectivity index (χ0n) is 15.0. The van der Waals surface area contributed by atoms with E-state index >= 15 is 0 Å². The summed E-state index contributed by atoms with van der Waals surface area (Å²) in [6, 6.07) is 8.95. The number of furan rings is 1. The second kappa shape index (κ2) is 6.60. The van der Waals surface area contributed by atoms with Crippen LogP contribution in [-0.4, -0.2) is 33.0 Å². The van der Waals surface area contributed by atoms with E-state index < -0.39 is 0 Å². The largest absolute Gasteiger partial charge is 0.493 e. The van der Waals surface area contributed by atoms with Crippen LogP contribution in [0.25, 0.3) is 22.6 Å². The highest BCUT2D eigenvalue weighted by atomic mass is 16.5. The number of nitrogens with one attached hydrogen (secondary N) is 1. The number of ether oxygens (including phenoxy) is 1. The monoisotopic (exact) mass is 367 g/mol. The molecule has 0 bridgehead atoms. The van der Waals surface area contributed by atoms with E-state index in [1.54, 1.807) is 36.2 Å². The van der Waals surface area contributed by atoms with Crippen LogP contribution in [0.4, 0.5) is 6.01 Å². The van der Waals surface area contributed by atoms with Crippen molar-refractivity contribution in [2.24, 2.45) is 0 Å². The average molecular weight is 367 g/mol. The second-order valence-corrected chi connectivity index (χ2v) is 6.11. The van der Waals surface area contributed by atoms with Crippen LogP contribution in [0, 0.1) is 0 Å². The van der Waals surface area contributed by atoms with Gasteiger partial charge in [-0.2, -0.15) is 5.10 Å². The number of hydrogen-bond acceptors (Lipinski definition) is 7. The van der Waals surface area contributed by atoms with Crippen molar-refractivity contribution in [1.82, 2.24) is 20.0 Å². The fourth-order valence-corrected chi connectivity index (χ4v) is 2.74. The van der Waals surface area contributed by atoms with Crippen molar-refractivity contribution in [3.05, 3.63) is 42.2 Å². The molecule has 0 aliphatic heterocycles. The van der Waals surface area contributed by atoms with Gasteiger partial charge in [-0.1, -0.05) is 17.2 Å². The summed E-state index contributed by atoms with van der Waals surface area (Å²) in [5, 5.41) is 15.4. The smallest absolute Gasteiger partial charge is 0.322 e. The van der Waals surface area contributed by atoms with Gasteiger partial charge in [0.1, 0.15) is 5.69 Å². The van der Waals surface area contributed by atoms with Crippen LogP contribution < -0.4 is 10.1 Å². The van der Waals surface area contributed by atoms with Crippen molar-refractivity contribution in [3.63, 3.8) is 0 Å². The normalized spacial score (nSPS) is 11.3. The molecule has 1 aromatic carbocycles. The highest BCUT2D eigenvalue weighted by Crippen LogP contribution is 2.33. The Morgan fingerprint density at radius 1 is 1.22 bits per heavy atom. The van der Waals surface area contributed by atoms with Gasteiger partial charge in [-0.15, -0.1) is 5.10 Å². The van der Waals surface area contributed by atoms with E-state index in [-0.39, 0.29) is 23.9 Å². The zero-order chi connectivity index (χ0) is 19.0. The summed E-state index contributed by atoms with van der Waals surface area (Å²) in [6.45, 7) is 3.87. The molecule has 3 aromatic heterocycles. The van der Waals surface area contributed by atoms with E-state index in [1.807, 2.05) is 26.0 Å². The van der Waals surface area contributed by atoms with Crippen molar-refractivity contribution in [2.75, 3.05) is 12.4 Å². The predicted molar refractivity (Wildman–Crippen MR) is 96.6 cm³/mol. The van der Waals surface area contributed by atoms with Crippen LogP contribution in [0.1, 0.15) is 30.4 Å². The Kier molecular flexibility index (Phi) is 4.11. The first-order valence-corrected chi connectivity index (χ1v) is 8.32. The van der Waals surface area contributed by atoms with Crippen molar-refractivity contribution >= 4 is 22.9 Å². The number of methoxy groups -OCH3 is 1. The van der Waals surface area contributed by atoms with Crippen molar-refractivity contribution in [2.45, 2.75) is 19.9 Å². The zero-order valence-corrected chi connectivity index (χ0v) is 15.0. The molecule has 3 heterocycles. The summed E-state index contributed by atoms with van der Waals surface area (Å²) in [6.07, 6.45) is 1.57. The molecular weight excluding hydrogens is 350 g/mol. The van der Waals surface area contributed by atoms with Gasteiger partial charge in [-0.05, 0) is 32.0 Å². The predicted octanol–water partition coefficient (Wildman–Crippen LogP) is 3.52. The van der Waals surface area contributed by atoms with Gasteiger partial charge in [0.15, 0.2) is 17.1 Å². The number of benzene rings is 1. The summed E-state index contributed by atoms with van der Waals surface area (Å²) in [5.74, 6) is 0.757. The van der Waals surface area contributed by atoms with Crippen LogP contribution in [0.3, 0.4) is 0 Å². The maximum atomic E-state index is 12.4. The van der Waals surface area contributed by atoms with Crippen molar-refractivity contribution < 1.29 is 18.4 Å². The second-order valence-electron chi connectivity index (χ2n) is 6.11. The Hall–Kier alpha value is -3.62. The molecule has 4 rings (SSSR count). The maximum Gasteiger partial charge on any atom is 0.322 e. The molecule has 0 radical (unpaired) electrons. The molecule has 0 spiro atoms. The number of hydrogen-bond donors (Lipinski definition) is 1. The molecule has 4 aromatic rings. The molecule has 0 atom stereocenters. The first-order chi connectivity index (χ1) is 13.1. The molecule has 1 N–H and O–H groups in total. The Morgan fingerprint density at radius 2 is 2.07 bits per heavy atom. The number of rotatable bonds is 5. The molecule has 27 heavy (non-hydrogen) atoms. The number of carbonyl (C=O) groups is 1. The van der Waals surface area contributed by atoms with Crippen molar-refractivity contribution in [3.8, 4) is 17.4 Å². The minimum atomic E-state index is -0.386. The number of amides is 1. The summed E-state index contributed by atoms with van der Waals surface area (Å²) in [4.78, 5) is 12.4. The van der Waals surface area contributed by atoms with E-state index in [1.165, 1.54) is 0 Å². The minimum absolute atomic E-state index is 0.0288. The molecule has 0 fully saturated rings. The van der Waals surface area contributed by atoms with Gasteiger partial charge in [0.05, 0.1) is 7.11 Å². The minimum Gasteiger partial charge on any atom is -0.493 e. The number of para-hydroxylation sites is 1. The molecule has 0 unspecified atom stereocenters. The quantitative estimate of drug-likeness (QED) is 0.575. The van der Waals surface area contributed by atoms with Gasteiger partial charge in [0, 0.05) is 17.6 Å². The summed E-state index contributed by atoms with van der Waals surface area (Å²) >= 11 is 0. The van der Waals surface area contributed by atoms with Crippen LogP contribution in [0.2, 0.25) is 0 Å². The summed E-state index contributed by atoms with van der Waals surface area (Å²) in [7, 11) is 1.57. The van der Waals surface area contributed by atoms with Crippen molar-refractivity contribution in [1.29, 1.82) is 0 Å². The third-order valence-corrected chi connectivity index (χ3v) is 3.98. The van der Waals surface area contributed by atoms with Gasteiger partial charge in [-0.25, -0.2) is 0 Å². The Bertz CT molecular complexity index is 1110. The fraction of sp³-hybridized carbons (Fsp3) is 0.222. The Morgan fingerprint density at radius 3 is 2.85 bits per heavy atom. The van der Waals surface area contributed by atoms with E-state index in [0.29, 0.717) is 22.8 Å². The highest BCUT2D eigenvalue weighted by Gasteiger charge is 2.19. The Balaban J connectivity index is 1.59. The molecule has 9 heteroatoms. The first kappa shape index (κ1) is 16.8. The van der Waals surface area contributed by atoms with Crippen LogP contribution in [0.5, 0.6) is 5.75 Å².